The van der Waals surface area contributed by atoms with Crippen molar-refractivity contribution < 1.29 is 4.79 Å². The molecule has 0 unspecified atom stereocenters. The number of piperazine rings is 1. The SMILES string of the molecule is O=C([C@H](Cc1ccccc1)n1cnnn1)N1CCN(c2ccccc2)CC1. The number of tetrazole rings is 1. The molecule has 1 aliphatic rings. The van der Waals surface area contributed by atoms with E-state index in [0.29, 0.717) is 19.5 Å². The summed E-state index contributed by atoms with van der Waals surface area (Å²) in [5.74, 6) is 0.0684. The maximum absolute atomic E-state index is 13.2. The molecule has 4 rings (SSSR count). The van der Waals surface area contributed by atoms with Crippen LogP contribution in [-0.4, -0.2) is 57.2 Å². The maximum Gasteiger partial charge on any atom is 0.248 e. The minimum Gasteiger partial charge on any atom is -0.368 e. The molecule has 0 bridgehead atoms. The van der Waals surface area contributed by atoms with Crippen LogP contribution in [-0.2, 0) is 11.2 Å². The van der Waals surface area contributed by atoms with Crippen LogP contribution < -0.4 is 4.90 Å². The van der Waals surface area contributed by atoms with Crippen molar-refractivity contribution >= 4 is 11.6 Å². The van der Waals surface area contributed by atoms with Crippen molar-refractivity contribution in [3.05, 3.63) is 72.6 Å². The first-order valence-electron chi connectivity index (χ1n) is 9.16. The van der Waals surface area contributed by atoms with E-state index >= 15 is 0 Å². The molecule has 7 nitrogen and oxygen atoms in total. The molecule has 1 aromatic heterocycles. The fourth-order valence-electron chi connectivity index (χ4n) is 3.48. The normalized spacial score (nSPS) is 15.6. The Bertz CT molecular complexity index is 845. The number of hydrogen-bond donors (Lipinski definition) is 0. The van der Waals surface area contributed by atoms with Crippen molar-refractivity contribution in [1.29, 1.82) is 0 Å². The number of rotatable bonds is 5. The zero-order chi connectivity index (χ0) is 18.5. The lowest BCUT2D eigenvalue weighted by molar-refractivity contribution is -0.135. The molecule has 1 saturated heterocycles. The van der Waals surface area contributed by atoms with E-state index in [1.807, 2.05) is 53.4 Å². The Hall–Kier alpha value is -3.22. The molecular weight excluding hydrogens is 340 g/mol. The molecule has 1 aliphatic heterocycles. The number of hydrogen-bond acceptors (Lipinski definition) is 5. The Labute approximate surface area is 158 Å². The van der Waals surface area contributed by atoms with Crippen molar-refractivity contribution in [1.82, 2.24) is 25.1 Å². The van der Waals surface area contributed by atoms with Gasteiger partial charge in [-0.3, -0.25) is 4.79 Å². The largest absolute Gasteiger partial charge is 0.368 e. The number of para-hydroxylation sites is 1. The highest BCUT2D eigenvalue weighted by atomic mass is 16.2. The standard InChI is InChI=1S/C20H22N6O/c27-20(25-13-11-24(12-14-25)18-9-5-2-6-10-18)19(26-16-21-22-23-26)15-17-7-3-1-4-8-17/h1-10,16,19H,11-15H2/t19-/m0/s1. The molecule has 1 amide bonds. The molecule has 2 heterocycles. The Morgan fingerprint density at radius 1 is 0.926 bits per heavy atom. The molecule has 0 radical (unpaired) electrons. The predicted molar refractivity (Wildman–Crippen MR) is 102 cm³/mol. The van der Waals surface area contributed by atoms with Crippen LogP contribution in [0.15, 0.2) is 67.0 Å². The van der Waals surface area contributed by atoms with Crippen LogP contribution in [0.3, 0.4) is 0 Å². The number of carbonyl (C=O) groups is 1. The molecule has 27 heavy (non-hydrogen) atoms. The van der Waals surface area contributed by atoms with Gasteiger partial charge in [-0.15, -0.1) is 5.10 Å². The molecule has 7 heteroatoms. The van der Waals surface area contributed by atoms with Crippen LogP contribution in [0.2, 0.25) is 0 Å². The Morgan fingerprint density at radius 2 is 1.59 bits per heavy atom. The summed E-state index contributed by atoms with van der Waals surface area (Å²) in [5, 5.41) is 11.4. The first-order valence-corrected chi connectivity index (χ1v) is 9.16. The van der Waals surface area contributed by atoms with Crippen molar-refractivity contribution in [2.45, 2.75) is 12.5 Å². The third-order valence-corrected chi connectivity index (χ3v) is 4.95. The van der Waals surface area contributed by atoms with E-state index in [2.05, 4.69) is 32.6 Å². The topological polar surface area (TPSA) is 67.2 Å². The summed E-state index contributed by atoms with van der Waals surface area (Å²) in [6.45, 7) is 3.04. The first-order chi connectivity index (χ1) is 13.3. The number of carbonyl (C=O) groups excluding carboxylic acids is 1. The van der Waals surface area contributed by atoms with Gasteiger partial charge in [0, 0.05) is 38.3 Å². The summed E-state index contributed by atoms with van der Waals surface area (Å²) in [5.41, 5.74) is 2.29. The summed E-state index contributed by atoms with van der Waals surface area (Å²) in [7, 11) is 0. The number of anilines is 1. The molecule has 1 atom stereocenters. The second-order valence-electron chi connectivity index (χ2n) is 6.64. The highest BCUT2D eigenvalue weighted by Crippen LogP contribution is 2.20. The lowest BCUT2D eigenvalue weighted by Crippen LogP contribution is -2.51. The first kappa shape index (κ1) is 17.2. The second kappa shape index (κ2) is 7.99. The highest BCUT2D eigenvalue weighted by Gasteiger charge is 2.29. The number of benzene rings is 2. The zero-order valence-electron chi connectivity index (χ0n) is 15.1. The van der Waals surface area contributed by atoms with Crippen molar-refractivity contribution in [3.8, 4) is 0 Å². The van der Waals surface area contributed by atoms with Crippen LogP contribution >= 0.6 is 0 Å². The van der Waals surface area contributed by atoms with Crippen molar-refractivity contribution in [3.63, 3.8) is 0 Å². The van der Waals surface area contributed by atoms with Crippen LogP contribution in [0, 0.1) is 0 Å². The summed E-state index contributed by atoms with van der Waals surface area (Å²) in [6.07, 6.45) is 2.09. The summed E-state index contributed by atoms with van der Waals surface area (Å²) < 4.78 is 1.57. The predicted octanol–water partition coefficient (Wildman–Crippen LogP) is 1.81. The van der Waals surface area contributed by atoms with E-state index in [4.69, 9.17) is 0 Å². The molecule has 0 spiro atoms. The fourth-order valence-corrected chi connectivity index (χ4v) is 3.48. The van der Waals surface area contributed by atoms with E-state index in [9.17, 15) is 4.79 Å². The number of aromatic nitrogens is 4. The quantitative estimate of drug-likeness (QED) is 0.692. The van der Waals surface area contributed by atoms with Crippen molar-refractivity contribution in [2.75, 3.05) is 31.1 Å². The molecule has 2 aromatic carbocycles. The number of nitrogens with zero attached hydrogens (tertiary/aromatic N) is 6. The van der Waals surface area contributed by atoms with E-state index < -0.39 is 6.04 Å². The lowest BCUT2D eigenvalue weighted by atomic mass is 10.0. The average molecular weight is 362 g/mol. The van der Waals surface area contributed by atoms with Gasteiger partial charge in [-0.05, 0) is 28.1 Å². The van der Waals surface area contributed by atoms with Gasteiger partial charge in [-0.1, -0.05) is 48.5 Å². The van der Waals surface area contributed by atoms with Gasteiger partial charge in [0.1, 0.15) is 12.4 Å². The van der Waals surface area contributed by atoms with Crippen LogP contribution in [0.25, 0.3) is 0 Å². The van der Waals surface area contributed by atoms with Crippen molar-refractivity contribution in [2.24, 2.45) is 0 Å². The molecule has 0 N–H and O–H groups in total. The Kier molecular flexibility index (Phi) is 5.09. The summed E-state index contributed by atoms with van der Waals surface area (Å²) in [6, 6.07) is 19.9. The molecule has 3 aromatic rings. The maximum atomic E-state index is 13.2. The Morgan fingerprint density at radius 3 is 2.22 bits per heavy atom. The second-order valence-corrected chi connectivity index (χ2v) is 6.64. The van der Waals surface area contributed by atoms with E-state index in [1.165, 1.54) is 12.0 Å². The van der Waals surface area contributed by atoms with Crippen LogP contribution in [0.5, 0.6) is 0 Å². The van der Waals surface area contributed by atoms with Gasteiger partial charge in [0.2, 0.25) is 5.91 Å². The molecule has 0 saturated carbocycles. The third kappa shape index (κ3) is 3.97. The van der Waals surface area contributed by atoms with Crippen LogP contribution in [0.1, 0.15) is 11.6 Å². The Balaban J connectivity index is 1.46. The van der Waals surface area contributed by atoms with Gasteiger partial charge in [0.25, 0.3) is 0 Å². The molecular formula is C20H22N6O. The van der Waals surface area contributed by atoms with Gasteiger partial charge >= 0.3 is 0 Å². The van der Waals surface area contributed by atoms with E-state index in [0.717, 1.165) is 18.7 Å². The summed E-state index contributed by atoms with van der Waals surface area (Å²) in [4.78, 5) is 17.5. The minimum absolute atomic E-state index is 0.0684. The number of amides is 1. The monoisotopic (exact) mass is 362 g/mol. The lowest BCUT2D eigenvalue weighted by Gasteiger charge is -2.37. The van der Waals surface area contributed by atoms with Crippen LogP contribution in [0.4, 0.5) is 5.69 Å². The van der Waals surface area contributed by atoms with E-state index in [-0.39, 0.29) is 5.91 Å². The average Bonchev–Trinajstić information content (AvgIpc) is 3.28. The van der Waals surface area contributed by atoms with Gasteiger partial charge in [-0.25, -0.2) is 4.68 Å². The minimum atomic E-state index is -0.425. The molecule has 0 aliphatic carbocycles. The third-order valence-electron chi connectivity index (χ3n) is 4.95. The zero-order valence-corrected chi connectivity index (χ0v) is 15.1. The highest BCUT2D eigenvalue weighted by molar-refractivity contribution is 5.81. The summed E-state index contributed by atoms with van der Waals surface area (Å²) >= 11 is 0. The van der Waals surface area contributed by atoms with Gasteiger partial charge in [-0.2, -0.15) is 0 Å². The van der Waals surface area contributed by atoms with Gasteiger partial charge < -0.3 is 9.80 Å². The van der Waals surface area contributed by atoms with Gasteiger partial charge in [0.05, 0.1) is 0 Å². The van der Waals surface area contributed by atoms with E-state index in [1.54, 1.807) is 4.68 Å². The smallest absolute Gasteiger partial charge is 0.248 e. The fraction of sp³-hybridized carbons (Fsp3) is 0.300. The van der Waals surface area contributed by atoms with Gasteiger partial charge in [0.15, 0.2) is 0 Å². The molecule has 138 valence electrons. The molecule has 1 fully saturated rings.